The van der Waals surface area contributed by atoms with Gasteiger partial charge in [-0.15, -0.1) is 0 Å². The summed E-state index contributed by atoms with van der Waals surface area (Å²) >= 11 is 6.34. The SMILES string of the molecule is COc1ncc(-c2cc3c(n2C(C)C)[C@H](c2ccc(C#N)c(F)c2)N(c2cc(Cl)c(=O)n(C)c2)C2OC32)c(OC)n1. The molecule has 3 aromatic heterocycles. The molecule has 2 unspecified atom stereocenters. The molecule has 5 heterocycles. The van der Waals surface area contributed by atoms with Gasteiger partial charge in [0.05, 0.1) is 48.5 Å². The lowest BCUT2D eigenvalue weighted by atomic mass is 9.92. The van der Waals surface area contributed by atoms with E-state index in [1.165, 1.54) is 30.9 Å². The second kappa shape index (κ2) is 9.90. The Bertz CT molecular complexity index is 1770. The molecule has 0 saturated carbocycles. The molecule has 4 aromatic rings. The summed E-state index contributed by atoms with van der Waals surface area (Å²) in [7, 11) is 4.64. The molecule has 0 amide bonds. The quantitative estimate of drug-likeness (QED) is 0.298. The molecule has 0 bridgehead atoms. The lowest BCUT2D eigenvalue weighted by Gasteiger charge is -2.38. The van der Waals surface area contributed by atoms with Crippen molar-refractivity contribution >= 4 is 17.3 Å². The van der Waals surface area contributed by atoms with Gasteiger partial charge < -0.3 is 28.2 Å². The molecular formula is C29H26ClFN6O4. The minimum absolute atomic E-state index is 0.0535. The highest BCUT2D eigenvalue weighted by atomic mass is 35.5. The summed E-state index contributed by atoms with van der Waals surface area (Å²) in [6, 6.07) is 9.66. The Hall–Kier alpha value is -4.40. The Morgan fingerprint density at radius 1 is 1.20 bits per heavy atom. The summed E-state index contributed by atoms with van der Waals surface area (Å²) in [6.45, 7) is 4.09. The van der Waals surface area contributed by atoms with E-state index >= 15 is 4.39 Å². The van der Waals surface area contributed by atoms with Gasteiger partial charge in [-0.3, -0.25) is 4.79 Å². The fourth-order valence-corrected chi connectivity index (χ4v) is 5.89. The Kier molecular flexibility index (Phi) is 6.47. The van der Waals surface area contributed by atoms with Crippen LogP contribution in [0.1, 0.15) is 54.4 Å². The minimum Gasteiger partial charge on any atom is -0.480 e. The van der Waals surface area contributed by atoms with Gasteiger partial charge in [-0.2, -0.15) is 10.2 Å². The van der Waals surface area contributed by atoms with Crippen molar-refractivity contribution in [2.24, 2.45) is 7.05 Å². The fraction of sp³-hybridized carbons (Fsp3) is 0.310. The maximum atomic E-state index is 15.1. The molecule has 210 valence electrons. The van der Waals surface area contributed by atoms with Crippen LogP contribution in [0.2, 0.25) is 5.02 Å². The number of hydrogen-bond acceptors (Lipinski definition) is 8. The van der Waals surface area contributed by atoms with Crippen LogP contribution in [0.3, 0.4) is 0 Å². The summed E-state index contributed by atoms with van der Waals surface area (Å²) in [4.78, 5) is 23.1. The average Bonchev–Trinajstić information content (AvgIpc) is 3.66. The Morgan fingerprint density at radius 2 is 1.98 bits per heavy atom. The second-order valence-electron chi connectivity index (χ2n) is 10.2. The van der Waals surface area contributed by atoms with Crippen molar-refractivity contribution in [2.75, 3.05) is 19.1 Å². The number of epoxide rings is 1. The first kappa shape index (κ1) is 26.8. The smallest absolute Gasteiger partial charge is 0.319 e. The van der Waals surface area contributed by atoms with E-state index in [9.17, 15) is 10.1 Å². The van der Waals surface area contributed by atoms with Crippen LogP contribution in [-0.2, 0) is 11.8 Å². The number of nitrogens with zero attached hydrogens (tertiary/aromatic N) is 6. The van der Waals surface area contributed by atoms with Crippen molar-refractivity contribution < 1.29 is 18.6 Å². The molecule has 2 aliphatic rings. The van der Waals surface area contributed by atoms with Crippen molar-refractivity contribution in [3.05, 3.63) is 86.3 Å². The highest BCUT2D eigenvalue weighted by Crippen LogP contribution is 2.57. The second-order valence-corrected chi connectivity index (χ2v) is 10.6. The van der Waals surface area contributed by atoms with Gasteiger partial charge in [0.25, 0.3) is 5.56 Å². The van der Waals surface area contributed by atoms with Crippen LogP contribution in [0.15, 0.2) is 47.5 Å². The molecule has 12 heteroatoms. The molecule has 2 aliphatic heterocycles. The van der Waals surface area contributed by atoms with Crippen molar-refractivity contribution in [1.29, 1.82) is 5.26 Å². The molecule has 41 heavy (non-hydrogen) atoms. The maximum absolute atomic E-state index is 15.1. The van der Waals surface area contributed by atoms with E-state index in [-0.39, 0.29) is 34.3 Å². The number of pyridine rings is 1. The van der Waals surface area contributed by atoms with Crippen molar-refractivity contribution in [2.45, 2.75) is 38.3 Å². The first-order valence-electron chi connectivity index (χ1n) is 12.9. The summed E-state index contributed by atoms with van der Waals surface area (Å²) in [5.41, 5.74) is 4.08. The molecule has 0 aliphatic carbocycles. The lowest BCUT2D eigenvalue weighted by molar-refractivity contribution is 0.352. The van der Waals surface area contributed by atoms with Crippen LogP contribution in [0.25, 0.3) is 11.3 Å². The van der Waals surface area contributed by atoms with E-state index in [2.05, 4.69) is 14.5 Å². The van der Waals surface area contributed by atoms with Crippen LogP contribution < -0.4 is 19.9 Å². The highest BCUT2D eigenvalue weighted by Gasteiger charge is 2.56. The number of ether oxygens (including phenoxy) is 3. The van der Waals surface area contributed by atoms with E-state index in [0.717, 1.165) is 17.0 Å². The zero-order valence-electron chi connectivity index (χ0n) is 22.9. The number of aromatic nitrogens is 4. The Morgan fingerprint density at radius 3 is 2.61 bits per heavy atom. The summed E-state index contributed by atoms with van der Waals surface area (Å²) in [6.07, 6.45) is 2.65. The molecule has 1 fully saturated rings. The molecule has 1 saturated heterocycles. The Labute approximate surface area is 240 Å². The number of benzene rings is 1. The van der Waals surface area contributed by atoms with Gasteiger partial charge >= 0.3 is 6.01 Å². The molecule has 0 radical (unpaired) electrons. The van der Waals surface area contributed by atoms with Gasteiger partial charge in [-0.05, 0) is 43.7 Å². The van der Waals surface area contributed by atoms with Gasteiger partial charge in [-0.1, -0.05) is 17.7 Å². The molecule has 10 nitrogen and oxygen atoms in total. The molecule has 1 aromatic carbocycles. The highest BCUT2D eigenvalue weighted by molar-refractivity contribution is 6.30. The average molecular weight is 577 g/mol. The third-order valence-corrected chi connectivity index (χ3v) is 7.72. The van der Waals surface area contributed by atoms with E-state index in [1.807, 2.05) is 30.9 Å². The molecule has 0 N–H and O–H groups in total. The Balaban J connectivity index is 1.64. The number of fused-ring (bicyclic) bond motifs is 3. The number of aryl methyl sites for hydroxylation is 1. The largest absolute Gasteiger partial charge is 0.480 e. The third kappa shape index (κ3) is 4.22. The van der Waals surface area contributed by atoms with E-state index in [0.29, 0.717) is 22.7 Å². The van der Waals surface area contributed by atoms with Gasteiger partial charge in [0, 0.05) is 31.0 Å². The topological polar surface area (TPSA) is 111 Å². The lowest BCUT2D eigenvalue weighted by Crippen LogP contribution is -2.38. The number of rotatable bonds is 6. The number of anilines is 1. The molecular weight excluding hydrogens is 551 g/mol. The van der Waals surface area contributed by atoms with Crippen molar-refractivity contribution in [3.63, 3.8) is 0 Å². The molecule has 6 rings (SSSR count). The summed E-state index contributed by atoms with van der Waals surface area (Å²) in [5, 5.41) is 9.43. The summed E-state index contributed by atoms with van der Waals surface area (Å²) in [5.74, 6) is -0.290. The van der Waals surface area contributed by atoms with Gasteiger partial charge in [0.2, 0.25) is 5.88 Å². The van der Waals surface area contributed by atoms with E-state index < -0.39 is 18.1 Å². The van der Waals surface area contributed by atoms with Crippen LogP contribution >= 0.6 is 11.6 Å². The van der Waals surface area contributed by atoms with Crippen LogP contribution in [0.5, 0.6) is 11.9 Å². The predicted molar refractivity (Wildman–Crippen MR) is 149 cm³/mol. The zero-order valence-corrected chi connectivity index (χ0v) is 23.7. The number of nitriles is 1. The number of hydrogen-bond donors (Lipinski definition) is 0. The van der Waals surface area contributed by atoms with Crippen LogP contribution in [0.4, 0.5) is 10.1 Å². The maximum Gasteiger partial charge on any atom is 0.319 e. The number of halogens is 2. The predicted octanol–water partition coefficient (Wildman–Crippen LogP) is 4.91. The van der Waals surface area contributed by atoms with Crippen molar-refractivity contribution in [3.8, 4) is 29.2 Å². The molecule has 3 atom stereocenters. The normalized spacial score (nSPS) is 19.0. The fourth-order valence-electron chi connectivity index (χ4n) is 5.65. The minimum atomic E-state index is -0.628. The van der Waals surface area contributed by atoms with E-state index in [4.69, 9.17) is 25.8 Å². The monoisotopic (exact) mass is 576 g/mol. The van der Waals surface area contributed by atoms with Gasteiger partial charge in [0.1, 0.15) is 23.0 Å². The van der Waals surface area contributed by atoms with Crippen LogP contribution in [0, 0.1) is 17.1 Å². The standard InChI is InChI=1S/C29H26ClFN6O4/c1-14(2)36-22(19-12-33-29(40-5)34-26(19)39-4)10-18-24(36)23(15-6-7-16(11-32)21(31)8-15)37(28-25(18)41-28)17-9-20(30)27(38)35(3)13-17/h6-10,12-14,23,25,28H,1-5H3/t23-,25?,28?/m0/s1. The zero-order chi connectivity index (χ0) is 29.2. The van der Waals surface area contributed by atoms with Gasteiger partial charge in [0.15, 0.2) is 6.23 Å². The first-order chi connectivity index (χ1) is 19.7. The van der Waals surface area contributed by atoms with Crippen LogP contribution in [-0.4, -0.2) is 39.5 Å². The summed E-state index contributed by atoms with van der Waals surface area (Å²) < 4.78 is 35.7. The number of methoxy groups -OCH3 is 2. The molecule has 0 spiro atoms. The van der Waals surface area contributed by atoms with Gasteiger partial charge in [-0.25, -0.2) is 9.37 Å². The van der Waals surface area contributed by atoms with Crippen molar-refractivity contribution in [1.82, 2.24) is 19.1 Å². The van der Waals surface area contributed by atoms with E-state index in [1.54, 1.807) is 31.6 Å². The third-order valence-electron chi connectivity index (χ3n) is 7.45. The first-order valence-corrected chi connectivity index (χ1v) is 13.3.